The molecule has 0 aliphatic heterocycles. The maximum atomic E-state index is 12.3. The van der Waals surface area contributed by atoms with E-state index < -0.39 is 11.9 Å². The van der Waals surface area contributed by atoms with Crippen molar-refractivity contribution in [2.75, 3.05) is 20.3 Å². The van der Waals surface area contributed by atoms with Crippen LogP contribution in [-0.4, -0.2) is 32.3 Å². The minimum atomic E-state index is -0.743. The summed E-state index contributed by atoms with van der Waals surface area (Å²) in [6, 6.07) is 14.8. The van der Waals surface area contributed by atoms with E-state index in [-0.39, 0.29) is 11.1 Å². The van der Waals surface area contributed by atoms with Gasteiger partial charge in [-0.1, -0.05) is 44.5 Å². The summed E-state index contributed by atoms with van der Waals surface area (Å²) < 4.78 is 16.3. The van der Waals surface area contributed by atoms with Crippen LogP contribution in [0.3, 0.4) is 0 Å². The Hall–Kier alpha value is -3.48. The predicted molar refractivity (Wildman–Crippen MR) is 124 cm³/mol. The maximum absolute atomic E-state index is 12.3. The highest BCUT2D eigenvalue weighted by molar-refractivity contribution is 5.99. The van der Waals surface area contributed by atoms with Crippen molar-refractivity contribution in [2.24, 2.45) is 0 Å². The standard InChI is InChI=1S/C26H32O7/c1-5-11-20-12-7-8-15-24(20)31-17-10-16-30-21-13-9-14-22(18-21)32-33-26(28)23(6-2)19(3)25(27)29-4/h7-9,12-15,18H,5-6,10-11,16-17H2,1-4H3/b23-19+. The van der Waals surface area contributed by atoms with Crippen LogP contribution >= 0.6 is 0 Å². The second-order valence-corrected chi connectivity index (χ2v) is 7.29. The molecule has 7 heteroatoms. The fraction of sp³-hybridized carbons (Fsp3) is 0.385. The van der Waals surface area contributed by atoms with E-state index in [0.717, 1.165) is 18.6 Å². The van der Waals surface area contributed by atoms with Gasteiger partial charge in [0.2, 0.25) is 0 Å². The van der Waals surface area contributed by atoms with Crippen LogP contribution in [-0.2, 0) is 25.6 Å². The molecule has 0 unspecified atom stereocenters. The van der Waals surface area contributed by atoms with Crippen molar-refractivity contribution < 1.29 is 33.6 Å². The molecule has 7 nitrogen and oxygen atoms in total. The van der Waals surface area contributed by atoms with Crippen molar-refractivity contribution in [1.82, 2.24) is 0 Å². The summed E-state index contributed by atoms with van der Waals surface area (Å²) >= 11 is 0. The minimum Gasteiger partial charge on any atom is -0.493 e. The highest BCUT2D eigenvalue weighted by Crippen LogP contribution is 2.22. The van der Waals surface area contributed by atoms with Gasteiger partial charge in [-0.3, -0.25) is 4.89 Å². The van der Waals surface area contributed by atoms with Crippen molar-refractivity contribution in [3.05, 3.63) is 65.2 Å². The topological polar surface area (TPSA) is 80.3 Å². The number of rotatable bonds is 13. The largest absolute Gasteiger partial charge is 0.493 e. The van der Waals surface area contributed by atoms with Gasteiger partial charge in [0.05, 0.1) is 25.9 Å². The van der Waals surface area contributed by atoms with Gasteiger partial charge >= 0.3 is 11.9 Å². The van der Waals surface area contributed by atoms with Gasteiger partial charge in [-0.15, -0.1) is 0 Å². The Kier molecular flexibility index (Phi) is 10.8. The van der Waals surface area contributed by atoms with Crippen LogP contribution in [0.25, 0.3) is 0 Å². The first-order chi connectivity index (χ1) is 16.0. The van der Waals surface area contributed by atoms with E-state index in [1.165, 1.54) is 19.6 Å². The molecule has 0 fully saturated rings. The summed E-state index contributed by atoms with van der Waals surface area (Å²) in [7, 11) is 1.25. The lowest BCUT2D eigenvalue weighted by atomic mass is 10.1. The molecular formula is C26H32O7. The molecule has 178 valence electrons. The highest BCUT2D eigenvalue weighted by atomic mass is 17.2. The van der Waals surface area contributed by atoms with Gasteiger partial charge in [0, 0.05) is 18.1 Å². The van der Waals surface area contributed by atoms with Crippen molar-refractivity contribution in [3.8, 4) is 17.2 Å². The average Bonchev–Trinajstić information content (AvgIpc) is 2.83. The van der Waals surface area contributed by atoms with Crippen LogP contribution in [0, 0.1) is 0 Å². The van der Waals surface area contributed by atoms with Gasteiger partial charge in [0.15, 0.2) is 5.75 Å². The third-order valence-corrected chi connectivity index (χ3v) is 4.87. The van der Waals surface area contributed by atoms with Crippen molar-refractivity contribution in [3.63, 3.8) is 0 Å². The Morgan fingerprint density at radius 3 is 2.33 bits per heavy atom. The van der Waals surface area contributed by atoms with Crippen LogP contribution in [0.15, 0.2) is 59.7 Å². The lowest BCUT2D eigenvalue weighted by molar-refractivity contribution is -0.209. The van der Waals surface area contributed by atoms with Crippen LogP contribution in [0.4, 0.5) is 0 Å². The molecule has 0 saturated heterocycles. The Balaban J connectivity index is 1.81. The number of ether oxygens (including phenoxy) is 3. The van der Waals surface area contributed by atoms with E-state index in [4.69, 9.17) is 19.2 Å². The second-order valence-electron chi connectivity index (χ2n) is 7.29. The van der Waals surface area contributed by atoms with Gasteiger partial charge in [0.25, 0.3) is 0 Å². The molecule has 2 aromatic rings. The van der Waals surface area contributed by atoms with E-state index in [9.17, 15) is 9.59 Å². The Morgan fingerprint density at radius 2 is 1.61 bits per heavy atom. The molecule has 0 amide bonds. The summed E-state index contributed by atoms with van der Waals surface area (Å²) in [5.74, 6) is 0.465. The second kappa shape index (κ2) is 13.8. The quantitative estimate of drug-likeness (QED) is 0.134. The molecule has 33 heavy (non-hydrogen) atoms. The molecule has 0 spiro atoms. The van der Waals surface area contributed by atoms with Crippen LogP contribution in [0.2, 0.25) is 0 Å². The van der Waals surface area contributed by atoms with Crippen LogP contribution < -0.4 is 14.4 Å². The molecule has 0 aromatic heterocycles. The molecule has 0 radical (unpaired) electrons. The summed E-state index contributed by atoms with van der Waals surface area (Å²) in [5.41, 5.74) is 1.59. The lowest BCUT2D eigenvalue weighted by Gasteiger charge is -2.12. The third-order valence-electron chi connectivity index (χ3n) is 4.87. The number of para-hydroxylation sites is 1. The number of hydrogen-bond acceptors (Lipinski definition) is 7. The minimum absolute atomic E-state index is 0.185. The third kappa shape index (κ3) is 8.18. The van der Waals surface area contributed by atoms with Gasteiger partial charge in [-0.05, 0) is 43.5 Å². The fourth-order valence-electron chi connectivity index (χ4n) is 3.14. The first-order valence-corrected chi connectivity index (χ1v) is 11.1. The van der Waals surface area contributed by atoms with Gasteiger partial charge < -0.3 is 14.2 Å². The molecule has 2 rings (SSSR count). The molecule has 2 aromatic carbocycles. The van der Waals surface area contributed by atoms with Gasteiger partial charge in [0.1, 0.15) is 11.5 Å². The highest BCUT2D eigenvalue weighted by Gasteiger charge is 2.19. The fourth-order valence-corrected chi connectivity index (χ4v) is 3.14. The zero-order chi connectivity index (χ0) is 24.1. The van der Waals surface area contributed by atoms with Gasteiger partial charge in [-0.25, -0.2) is 14.5 Å². The van der Waals surface area contributed by atoms with E-state index >= 15 is 0 Å². The number of aryl methyl sites for hydroxylation is 1. The number of methoxy groups -OCH3 is 1. The van der Waals surface area contributed by atoms with Crippen LogP contribution in [0.1, 0.15) is 45.6 Å². The van der Waals surface area contributed by atoms with Gasteiger partial charge in [-0.2, -0.15) is 0 Å². The van der Waals surface area contributed by atoms with E-state index in [2.05, 4.69) is 17.7 Å². The Bertz CT molecular complexity index is 949. The van der Waals surface area contributed by atoms with E-state index in [1.807, 2.05) is 18.2 Å². The van der Waals surface area contributed by atoms with Crippen molar-refractivity contribution >= 4 is 11.9 Å². The molecule has 0 aliphatic rings. The number of benzene rings is 2. The normalized spacial score (nSPS) is 11.3. The lowest BCUT2D eigenvalue weighted by Crippen LogP contribution is -2.15. The average molecular weight is 457 g/mol. The number of carbonyl (C=O) groups excluding carboxylic acids is 2. The first kappa shape index (κ1) is 25.8. The Labute approximate surface area is 195 Å². The molecule has 0 bridgehead atoms. The summed E-state index contributed by atoms with van der Waals surface area (Å²) in [5, 5.41) is 0. The van der Waals surface area contributed by atoms with E-state index in [1.54, 1.807) is 31.2 Å². The number of hydrogen-bond donors (Lipinski definition) is 0. The summed E-state index contributed by atoms with van der Waals surface area (Å²) in [6.45, 7) is 6.39. The molecule has 0 saturated carbocycles. The summed E-state index contributed by atoms with van der Waals surface area (Å²) in [4.78, 5) is 33.9. The number of carbonyl (C=O) groups is 2. The molecule has 0 heterocycles. The maximum Gasteiger partial charge on any atom is 0.382 e. The molecule has 0 N–H and O–H groups in total. The van der Waals surface area contributed by atoms with Crippen molar-refractivity contribution in [1.29, 1.82) is 0 Å². The van der Waals surface area contributed by atoms with Crippen LogP contribution in [0.5, 0.6) is 17.2 Å². The SMILES string of the molecule is CCCc1ccccc1OCCCOc1cccc(OOC(=O)/C(CC)=C(\C)C(=O)OC)c1. The monoisotopic (exact) mass is 456 g/mol. The zero-order valence-electron chi connectivity index (χ0n) is 19.7. The van der Waals surface area contributed by atoms with Crippen molar-refractivity contribution in [2.45, 2.75) is 46.5 Å². The smallest absolute Gasteiger partial charge is 0.382 e. The molecule has 0 aliphatic carbocycles. The molecular weight excluding hydrogens is 424 g/mol. The molecule has 0 atom stereocenters. The Morgan fingerprint density at radius 1 is 0.879 bits per heavy atom. The van der Waals surface area contributed by atoms with E-state index in [0.29, 0.717) is 37.6 Å². The first-order valence-electron chi connectivity index (χ1n) is 11.1. The number of esters is 1. The predicted octanol–water partition coefficient (Wildman–Crippen LogP) is 5.22. The zero-order valence-corrected chi connectivity index (χ0v) is 19.7. The summed E-state index contributed by atoms with van der Waals surface area (Å²) in [6.07, 6.45) is 3.06.